The molecule has 0 spiro atoms. The second kappa shape index (κ2) is 36.0. The summed E-state index contributed by atoms with van der Waals surface area (Å²) in [6.45, 7) is 17.3. The molecule has 0 aromatic heterocycles. The minimum atomic E-state index is -0.101. The summed E-state index contributed by atoms with van der Waals surface area (Å²) in [6.07, 6.45) is 13.8. The van der Waals surface area contributed by atoms with E-state index in [9.17, 15) is 0 Å². The molecule has 0 amide bonds. The molecule has 418 valence electrons. The summed E-state index contributed by atoms with van der Waals surface area (Å²) in [5.74, 6) is 0. The number of halogens is 11. The van der Waals surface area contributed by atoms with Gasteiger partial charge in [0.15, 0.2) is 25.2 Å². The van der Waals surface area contributed by atoms with Crippen LogP contribution in [0.2, 0.25) is 0 Å². The fourth-order valence-corrected chi connectivity index (χ4v) is 19.9. The fraction of sp³-hybridized carbons (Fsp3) is 0.571. The summed E-state index contributed by atoms with van der Waals surface area (Å²) in [5, 5.41) is 0. The van der Waals surface area contributed by atoms with Crippen molar-refractivity contribution in [2.45, 2.75) is 206 Å². The van der Waals surface area contributed by atoms with Gasteiger partial charge in [0.05, 0.1) is 48.8 Å². The highest BCUT2D eigenvalue weighted by molar-refractivity contribution is 14.1. The Morgan fingerprint density at radius 3 is 1.03 bits per heavy atom. The van der Waals surface area contributed by atoms with E-state index in [1.165, 1.54) is 61.5 Å². The van der Waals surface area contributed by atoms with Gasteiger partial charge in [0.2, 0.25) is 0 Å². The lowest BCUT2D eigenvalue weighted by molar-refractivity contribution is -0.238. The molecule has 4 heterocycles. The van der Waals surface area contributed by atoms with E-state index in [2.05, 4.69) is 358 Å². The molecule has 19 heteroatoms. The van der Waals surface area contributed by atoms with Crippen molar-refractivity contribution in [3.63, 3.8) is 0 Å². The first-order chi connectivity index (χ1) is 35.5. The zero-order valence-corrected chi connectivity index (χ0v) is 67.3. The number of hydrogen-bond donors (Lipinski definition) is 0. The zero-order chi connectivity index (χ0) is 55.1. The minimum absolute atomic E-state index is 0.0901. The molecule has 0 bridgehead atoms. The highest BCUT2D eigenvalue weighted by Crippen LogP contribution is 2.32. The second-order valence-electron chi connectivity index (χ2n) is 19.3. The van der Waals surface area contributed by atoms with Crippen molar-refractivity contribution in [2.75, 3.05) is 0 Å². The maximum Gasteiger partial charge on any atom is 0.162 e. The molecule has 0 aliphatic carbocycles. The Hall–Kier alpha value is 4.59. The average molecular weight is 2270 g/mol. The van der Waals surface area contributed by atoms with Gasteiger partial charge in [0.25, 0.3) is 0 Å². The summed E-state index contributed by atoms with van der Waals surface area (Å²) in [5.41, 5.74) is 5.25. The standard InChI is InChI=1S/3C14H17I3O2.C14H18I2O2/c1-3-11-4-8(2)18-13(19-11)6-9-5-10(15)7-12(16)14(9)17;1-3-10-4-8(2)18-14(19-10)7-11-12(16)5-9(15)6-13(11)17;1-3-10-4-8(2)18-13(19-10)7-9-5-11(15)14(17)12(16)6-9;1-3-13-4-9(2)17-14(18-13)7-10-5-11(15)8-12(16)6-10/h5,7-8,11,13H,3-4,6H2,1-2H3;5-6,8,10,14H,3-4,7H2,1-2H3;5-6,8,10,13H,3-4,7H2,1-2H3;5-6,8-9,13-14H,3-4,7H2,1-2H3. The lowest BCUT2D eigenvalue weighted by Gasteiger charge is -2.34. The first-order valence-electron chi connectivity index (χ1n) is 25.6. The van der Waals surface area contributed by atoms with Crippen molar-refractivity contribution in [3.8, 4) is 0 Å². The van der Waals surface area contributed by atoms with Crippen LogP contribution in [0.25, 0.3) is 0 Å². The van der Waals surface area contributed by atoms with E-state index in [1.807, 2.05) is 0 Å². The molecular formula is C56H69I11O8. The molecule has 4 aliphatic rings. The molecule has 75 heavy (non-hydrogen) atoms. The smallest absolute Gasteiger partial charge is 0.162 e. The predicted molar refractivity (Wildman–Crippen MR) is 397 cm³/mol. The first-order valence-corrected chi connectivity index (χ1v) is 37.5. The monoisotopic (exact) mass is 2270 g/mol. The molecule has 4 aliphatic heterocycles. The summed E-state index contributed by atoms with van der Waals surface area (Å²) in [7, 11) is 0. The molecule has 12 unspecified atom stereocenters. The van der Waals surface area contributed by atoms with Crippen molar-refractivity contribution in [2.24, 2.45) is 0 Å². The number of hydrogen-bond acceptors (Lipinski definition) is 8. The molecule has 4 fully saturated rings. The Kier molecular flexibility index (Phi) is 33.8. The molecule has 0 N–H and O–H groups in total. The van der Waals surface area contributed by atoms with Gasteiger partial charge in [-0.05, 0) is 404 Å². The van der Waals surface area contributed by atoms with E-state index in [-0.39, 0.29) is 25.2 Å². The van der Waals surface area contributed by atoms with Crippen molar-refractivity contribution < 1.29 is 37.9 Å². The number of rotatable bonds is 12. The maximum absolute atomic E-state index is 6.02. The van der Waals surface area contributed by atoms with Crippen LogP contribution in [0.3, 0.4) is 0 Å². The Bertz CT molecular complexity index is 2350. The van der Waals surface area contributed by atoms with Crippen LogP contribution < -0.4 is 0 Å². The van der Waals surface area contributed by atoms with E-state index in [4.69, 9.17) is 37.9 Å². The zero-order valence-electron chi connectivity index (χ0n) is 43.5. The van der Waals surface area contributed by atoms with E-state index >= 15 is 0 Å². The second-order valence-corrected chi connectivity index (χ2v) is 32.2. The van der Waals surface area contributed by atoms with Crippen LogP contribution in [0.15, 0.2) is 54.6 Å². The van der Waals surface area contributed by atoms with Gasteiger partial charge >= 0.3 is 0 Å². The quantitative estimate of drug-likeness (QED) is 0.0789. The molecule has 8 rings (SSSR count). The van der Waals surface area contributed by atoms with Crippen LogP contribution in [0.4, 0.5) is 0 Å². The van der Waals surface area contributed by atoms with Crippen molar-refractivity contribution in [1.29, 1.82) is 0 Å². The van der Waals surface area contributed by atoms with Gasteiger partial charge in [0, 0.05) is 65.0 Å². The third-order valence-electron chi connectivity index (χ3n) is 12.8. The van der Waals surface area contributed by atoms with Gasteiger partial charge in [-0.15, -0.1) is 0 Å². The Morgan fingerprint density at radius 2 is 0.640 bits per heavy atom. The molecule has 0 saturated carbocycles. The first kappa shape index (κ1) is 70.4. The molecule has 4 saturated heterocycles. The van der Waals surface area contributed by atoms with Gasteiger partial charge in [-0.1, -0.05) is 27.7 Å². The van der Waals surface area contributed by atoms with Gasteiger partial charge in [-0.3, -0.25) is 0 Å². The highest BCUT2D eigenvalue weighted by atomic mass is 127. The Balaban J connectivity index is 0.000000185. The fourth-order valence-electron chi connectivity index (χ4n) is 9.10. The molecule has 8 nitrogen and oxygen atoms in total. The third-order valence-corrected chi connectivity index (χ3v) is 25.3. The summed E-state index contributed by atoms with van der Waals surface area (Å²) in [6, 6.07) is 19.9. The van der Waals surface area contributed by atoms with Crippen LogP contribution in [0.5, 0.6) is 0 Å². The number of ether oxygens (including phenoxy) is 8. The maximum atomic E-state index is 6.02. The molecule has 4 aromatic carbocycles. The van der Waals surface area contributed by atoms with Crippen LogP contribution in [-0.2, 0) is 63.6 Å². The van der Waals surface area contributed by atoms with Crippen molar-refractivity contribution >= 4 is 248 Å². The van der Waals surface area contributed by atoms with Crippen LogP contribution in [-0.4, -0.2) is 74.0 Å². The van der Waals surface area contributed by atoms with Crippen LogP contribution in [0, 0.1) is 39.3 Å². The van der Waals surface area contributed by atoms with Gasteiger partial charge in [0.1, 0.15) is 0 Å². The van der Waals surface area contributed by atoms with Crippen molar-refractivity contribution in [1.82, 2.24) is 0 Å². The molecular weight excluding hydrogens is 2200 g/mol. The van der Waals surface area contributed by atoms with Gasteiger partial charge in [-0.25, -0.2) is 0 Å². The number of benzene rings is 4. The van der Waals surface area contributed by atoms with E-state index in [1.54, 1.807) is 0 Å². The van der Waals surface area contributed by atoms with E-state index in [0.29, 0.717) is 48.8 Å². The Labute approximate surface area is 598 Å². The topological polar surface area (TPSA) is 73.8 Å². The van der Waals surface area contributed by atoms with Crippen molar-refractivity contribution in [3.05, 3.63) is 116 Å². The predicted octanol–water partition coefficient (Wildman–Crippen LogP) is 19.3. The lowest BCUT2D eigenvalue weighted by atomic mass is 10.1. The highest BCUT2D eigenvalue weighted by Gasteiger charge is 2.31. The molecule has 4 aromatic rings. The van der Waals surface area contributed by atoms with E-state index in [0.717, 1.165) is 77.0 Å². The summed E-state index contributed by atoms with van der Waals surface area (Å²) in [4.78, 5) is 0. The molecule has 0 radical (unpaired) electrons. The van der Waals surface area contributed by atoms with Crippen LogP contribution >= 0.6 is 248 Å². The largest absolute Gasteiger partial charge is 0.349 e. The lowest BCUT2D eigenvalue weighted by Crippen LogP contribution is -2.38. The molecule has 12 atom stereocenters. The minimum Gasteiger partial charge on any atom is -0.349 e. The van der Waals surface area contributed by atoms with Gasteiger partial charge < -0.3 is 37.9 Å². The third kappa shape index (κ3) is 24.7. The SMILES string of the molecule is CCC1CC(C)OC(Cc2c(I)cc(I)cc2I)O1.CCC1CC(C)OC(Cc2cc(I)c(I)c(I)c2)O1.CCC1CC(C)OC(Cc2cc(I)cc(I)c2)O1.CCC1CC(C)OC(Cc2cc(I)cc(I)c2I)O1. The summed E-state index contributed by atoms with van der Waals surface area (Å²) >= 11 is 26.2. The summed E-state index contributed by atoms with van der Waals surface area (Å²) < 4.78 is 61.9. The van der Waals surface area contributed by atoms with E-state index < -0.39 is 0 Å². The van der Waals surface area contributed by atoms with Crippen LogP contribution in [0.1, 0.15) is 129 Å². The van der Waals surface area contributed by atoms with Gasteiger partial charge in [-0.2, -0.15) is 0 Å². The normalized spacial score (nSPS) is 27.7. The Morgan fingerprint density at radius 1 is 0.333 bits per heavy atom. The average Bonchev–Trinajstić information content (AvgIpc) is 3.33.